The molecule has 2 saturated heterocycles. The van der Waals surface area contributed by atoms with E-state index in [9.17, 15) is 36.7 Å². The van der Waals surface area contributed by atoms with Crippen LogP contribution in [0, 0.1) is 5.82 Å². The minimum absolute atomic E-state index is 0.00928. The lowest BCUT2D eigenvalue weighted by Crippen LogP contribution is -2.48. The van der Waals surface area contributed by atoms with Gasteiger partial charge in [0, 0.05) is 59.3 Å². The van der Waals surface area contributed by atoms with Gasteiger partial charge in [-0.25, -0.2) is 4.39 Å². The molecule has 404 valence electrons. The number of amides is 3. The van der Waals surface area contributed by atoms with Gasteiger partial charge in [0.25, 0.3) is 0 Å². The summed E-state index contributed by atoms with van der Waals surface area (Å²) in [6, 6.07) is 18.9. The molecule has 2 N–H and O–H groups in total. The highest BCUT2D eigenvalue weighted by molar-refractivity contribution is 6.43. The number of alkyl halides is 3. The molecule has 2 aliphatic heterocycles. The van der Waals surface area contributed by atoms with Gasteiger partial charge in [-0.3, -0.25) is 19.2 Å². The average Bonchev–Trinajstić information content (AvgIpc) is 3.36. The Balaban J connectivity index is 0.000000274. The number of benzene rings is 4. The minimum atomic E-state index is -4.80. The van der Waals surface area contributed by atoms with Crippen LogP contribution in [-0.4, -0.2) is 115 Å². The van der Waals surface area contributed by atoms with Gasteiger partial charge >= 0.3 is 6.18 Å². The van der Waals surface area contributed by atoms with Gasteiger partial charge in [0.05, 0.1) is 53.1 Å². The van der Waals surface area contributed by atoms with Gasteiger partial charge in [-0.2, -0.15) is 13.2 Å². The number of nitrogens with one attached hydrogen (secondary N) is 2. The number of rotatable bonds is 18. The van der Waals surface area contributed by atoms with Crippen molar-refractivity contribution < 1.29 is 36.7 Å². The fraction of sp³-hybridized carbons (Fsp3) is 0.481. The lowest BCUT2D eigenvalue weighted by Gasteiger charge is -2.38. The molecule has 2 aliphatic rings. The lowest BCUT2D eigenvalue weighted by molar-refractivity contribution is -0.140. The number of hydrogen-bond donors (Lipinski definition) is 2. The van der Waals surface area contributed by atoms with Crippen molar-refractivity contribution in [1.29, 1.82) is 0 Å². The molecule has 0 bridgehead atoms. The van der Waals surface area contributed by atoms with E-state index in [-0.39, 0.29) is 41.7 Å². The van der Waals surface area contributed by atoms with E-state index < -0.39 is 28.4 Å². The summed E-state index contributed by atoms with van der Waals surface area (Å²) < 4.78 is 52.7. The average molecular weight is 1150 g/mol. The van der Waals surface area contributed by atoms with Crippen molar-refractivity contribution in [3.8, 4) is 0 Å². The fourth-order valence-corrected chi connectivity index (χ4v) is 10.2. The van der Waals surface area contributed by atoms with Crippen LogP contribution in [0.1, 0.15) is 94.0 Å². The Morgan fingerprint density at radius 3 is 1.62 bits per heavy atom. The maximum atomic E-state index is 14.0. The summed E-state index contributed by atoms with van der Waals surface area (Å²) in [7, 11) is 3.60. The van der Waals surface area contributed by atoms with Crippen LogP contribution in [-0.2, 0) is 49.3 Å². The molecule has 10 nitrogen and oxygen atoms in total. The predicted molar refractivity (Wildman–Crippen MR) is 289 cm³/mol. The molecule has 74 heavy (non-hydrogen) atoms. The minimum Gasteiger partial charge on any atom is -0.351 e. The van der Waals surface area contributed by atoms with Gasteiger partial charge in [0.2, 0.25) is 17.7 Å². The Kier molecular flexibility index (Phi) is 22.4. The first-order valence-electron chi connectivity index (χ1n) is 24.4. The van der Waals surface area contributed by atoms with Crippen molar-refractivity contribution in [2.24, 2.45) is 0 Å². The third kappa shape index (κ3) is 16.7. The topological polar surface area (TPSA) is 105 Å². The van der Waals surface area contributed by atoms with E-state index in [1.807, 2.05) is 19.1 Å². The second kappa shape index (κ2) is 27.1. The highest BCUT2D eigenvalue weighted by atomic mass is 35.5. The Bertz CT molecular complexity index is 2610. The molecule has 2 heterocycles. The zero-order valence-electron chi connectivity index (χ0n) is 42.4. The molecule has 2 atom stereocenters. The standard InChI is InChI=1S/C27H33Cl4N3O2.C27H31Cl2F4N3O2/c1-18(35)16-32-21-8-11-34(12-9-21)13-10-27(2,20-5-7-23(29)25(31)15-20)26(36)33(3)17-19-4-6-22(28)24(30)14-19;1-17(37)35(3)20-8-11-36(12-9-20)13-10-26(2,19-5-7-22(28)23(29)15-19)25(38)34-16-18-4-6-21(24(30)14-18)27(31,32)33/h4-7,14-15,21,32H,8-13,16-17H2,1-3H3;4-7,14-15,20H,8-13,16H2,1-3H3,(H,34,38). The third-order valence-electron chi connectivity index (χ3n) is 14.3. The molecular weight excluding hydrogens is 1090 g/mol. The fourth-order valence-electron chi connectivity index (χ4n) is 9.32. The summed E-state index contributed by atoms with van der Waals surface area (Å²) in [6.45, 7) is 12.3. The molecule has 6 rings (SSSR count). The second-order valence-corrected chi connectivity index (χ2v) is 22.2. The molecule has 3 amide bonds. The van der Waals surface area contributed by atoms with Gasteiger partial charge < -0.3 is 30.2 Å². The first-order chi connectivity index (χ1) is 34.7. The van der Waals surface area contributed by atoms with Crippen molar-refractivity contribution in [3.05, 3.63) is 137 Å². The van der Waals surface area contributed by atoms with Gasteiger partial charge in [-0.15, -0.1) is 0 Å². The Labute approximate surface area is 462 Å². The Morgan fingerprint density at radius 1 is 0.649 bits per heavy atom. The molecule has 2 unspecified atom stereocenters. The molecular formula is C54H64Cl6F4N6O4. The van der Waals surface area contributed by atoms with Crippen molar-refractivity contribution in [1.82, 2.24) is 30.2 Å². The van der Waals surface area contributed by atoms with Crippen LogP contribution < -0.4 is 10.6 Å². The van der Waals surface area contributed by atoms with Crippen LogP contribution in [0.5, 0.6) is 0 Å². The van der Waals surface area contributed by atoms with Crippen LogP contribution in [0.4, 0.5) is 17.6 Å². The van der Waals surface area contributed by atoms with Crippen LogP contribution in [0.2, 0.25) is 30.1 Å². The SMILES string of the molecule is CC(=O)CNC1CCN(CCC(C)(C(=O)N(C)Cc2ccc(Cl)c(Cl)c2)c2ccc(Cl)c(Cl)c2)CC1.CC(=O)N(C)C1CCN(CCC(C)(C(=O)NCc2ccc(C(F)(F)F)c(F)c2)c2ccc(Cl)c(Cl)c2)CC1. The molecule has 0 saturated carbocycles. The van der Waals surface area contributed by atoms with Crippen LogP contribution in [0.25, 0.3) is 0 Å². The van der Waals surface area contributed by atoms with Crippen LogP contribution in [0.3, 0.4) is 0 Å². The normalized spacial score (nSPS) is 16.6. The summed E-state index contributed by atoms with van der Waals surface area (Å²) in [5, 5.41) is 8.55. The number of Topliss-reactive ketones (excluding diaryl/α,β-unsaturated/α-hetero) is 1. The predicted octanol–water partition coefficient (Wildman–Crippen LogP) is 12.3. The highest BCUT2D eigenvalue weighted by Crippen LogP contribution is 2.37. The molecule has 4 aromatic carbocycles. The maximum absolute atomic E-state index is 14.0. The quantitative estimate of drug-likeness (QED) is 0.0956. The van der Waals surface area contributed by atoms with Gasteiger partial charge in [-0.1, -0.05) is 93.9 Å². The van der Waals surface area contributed by atoms with Crippen LogP contribution in [0.15, 0.2) is 72.8 Å². The van der Waals surface area contributed by atoms with Crippen molar-refractivity contribution >= 4 is 93.1 Å². The number of ketones is 1. The largest absolute Gasteiger partial charge is 0.419 e. The number of likely N-dealkylation sites (N-methyl/N-ethyl adjacent to an activating group) is 1. The molecule has 4 aromatic rings. The summed E-state index contributed by atoms with van der Waals surface area (Å²) >= 11 is 37.1. The molecule has 0 spiro atoms. The van der Waals surface area contributed by atoms with E-state index in [1.54, 1.807) is 87.1 Å². The number of piperidine rings is 2. The van der Waals surface area contributed by atoms with E-state index >= 15 is 0 Å². The first-order valence-corrected chi connectivity index (χ1v) is 26.6. The number of nitrogens with zero attached hydrogens (tertiary/aromatic N) is 4. The summed E-state index contributed by atoms with van der Waals surface area (Å²) in [5.41, 5.74) is -0.635. The second-order valence-electron chi connectivity index (χ2n) is 19.7. The molecule has 0 aliphatic carbocycles. The monoisotopic (exact) mass is 1150 g/mol. The molecule has 0 radical (unpaired) electrons. The summed E-state index contributed by atoms with van der Waals surface area (Å²) in [4.78, 5) is 58.5. The van der Waals surface area contributed by atoms with Crippen LogP contribution >= 0.6 is 69.6 Å². The number of hydrogen-bond acceptors (Lipinski definition) is 7. The smallest absolute Gasteiger partial charge is 0.351 e. The lowest BCUT2D eigenvalue weighted by atomic mass is 9.77. The number of halogens is 10. The van der Waals surface area contributed by atoms with E-state index in [4.69, 9.17) is 69.6 Å². The van der Waals surface area contributed by atoms with E-state index in [1.165, 1.54) is 0 Å². The van der Waals surface area contributed by atoms with Gasteiger partial charge in [-0.05, 0) is 156 Å². The first kappa shape index (κ1) is 61.2. The van der Waals surface area contributed by atoms with E-state index in [2.05, 4.69) is 20.4 Å². The number of carbonyl (C=O) groups excluding carboxylic acids is 4. The van der Waals surface area contributed by atoms with Crippen molar-refractivity contribution in [3.63, 3.8) is 0 Å². The highest BCUT2D eigenvalue weighted by Gasteiger charge is 2.40. The summed E-state index contributed by atoms with van der Waals surface area (Å²) in [5.74, 6) is -1.60. The van der Waals surface area contributed by atoms with Gasteiger partial charge in [0.15, 0.2) is 0 Å². The van der Waals surface area contributed by atoms with E-state index in [0.29, 0.717) is 80.3 Å². The zero-order valence-corrected chi connectivity index (χ0v) is 46.9. The summed E-state index contributed by atoms with van der Waals surface area (Å²) in [6.07, 6.45) is -0.152. The maximum Gasteiger partial charge on any atom is 0.419 e. The number of likely N-dealkylation sites (tertiary alicyclic amines) is 2. The van der Waals surface area contributed by atoms with E-state index in [0.717, 1.165) is 81.7 Å². The molecule has 2 fully saturated rings. The number of carbonyl (C=O) groups is 4. The Morgan fingerprint density at radius 2 is 1.14 bits per heavy atom. The van der Waals surface area contributed by atoms with Crippen molar-refractivity contribution in [2.75, 3.05) is 59.9 Å². The third-order valence-corrected chi connectivity index (χ3v) is 16.5. The van der Waals surface area contributed by atoms with Crippen molar-refractivity contribution in [2.45, 2.75) is 108 Å². The Hall–Kier alpha value is -3.70. The molecule has 20 heteroatoms. The van der Waals surface area contributed by atoms with Gasteiger partial charge in [0.1, 0.15) is 11.6 Å². The zero-order chi connectivity index (χ0) is 54.7. The molecule has 0 aromatic heterocycles.